The molecule has 1 saturated heterocycles. The summed E-state index contributed by atoms with van der Waals surface area (Å²) in [5.74, 6) is 0. The number of hydrogen-bond acceptors (Lipinski definition) is 6. The van der Waals surface area contributed by atoms with Gasteiger partial charge in [-0.2, -0.15) is 5.10 Å². The Bertz CT molecular complexity index is 825. The Labute approximate surface area is 157 Å². The molecule has 1 N–H and O–H groups in total. The fourth-order valence-corrected chi connectivity index (χ4v) is 4.21. The van der Waals surface area contributed by atoms with Crippen molar-refractivity contribution in [1.82, 2.24) is 20.1 Å². The summed E-state index contributed by atoms with van der Waals surface area (Å²) in [4.78, 5) is 10.5. The molecule has 7 heteroatoms. The van der Waals surface area contributed by atoms with Gasteiger partial charge in [0, 0.05) is 42.8 Å². The number of hydrogen-bond donors (Lipinski definition) is 1. The van der Waals surface area contributed by atoms with E-state index in [0.29, 0.717) is 0 Å². The lowest BCUT2D eigenvalue weighted by atomic mass is 10.1. The molecule has 0 atom stereocenters. The number of aromatic nitrogens is 3. The Hall–Kier alpha value is -2.22. The number of ether oxygens (including phenoxy) is 1. The smallest absolute Gasteiger partial charge is 0.185 e. The van der Waals surface area contributed by atoms with Crippen LogP contribution in [-0.2, 0) is 17.8 Å². The van der Waals surface area contributed by atoms with Gasteiger partial charge >= 0.3 is 0 Å². The molecular formula is C19H23N5OS. The first-order chi connectivity index (χ1) is 12.8. The van der Waals surface area contributed by atoms with Crippen LogP contribution in [0.1, 0.15) is 10.4 Å². The van der Waals surface area contributed by atoms with Crippen molar-refractivity contribution in [2.75, 3.05) is 38.3 Å². The topological polar surface area (TPSA) is 57.3 Å². The van der Waals surface area contributed by atoms with E-state index in [-0.39, 0.29) is 0 Å². The normalized spacial score (nSPS) is 14.9. The average Bonchev–Trinajstić information content (AvgIpc) is 3.33. The molecule has 0 radical (unpaired) electrons. The number of nitrogens with one attached hydrogen (secondary N) is 1. The van der Waals surface area contributed by atoms with Crippen LogP contribution in [-0.4, -0.2) is 53.4 Å². The largest absolute Gasteiger partial charge is 0.378 e. The molecule has 0 aliphatic carbocycles. The van der Waals surface area contributed by atoms with Crippen molar-refractivity contribution in [1.29, 1.82) is 0 Å². The van der Waals surface area contributed by atoms with Crippen LogP contribution in [0.4, 0.5) is 5.13 Å². The maximum absolute atomic E-state index is 5.42. The quantitative estimate of drug-likeness (QED) is 0.724. The summed E-state index contributed by atoms with van der Waals surface area (Å²) in [5, 5.41) is 8.48. The molecule has 4 rings (SSSR count). The van der Waals surface area contributed by atoms with Crippen molar-refractivity contribution in [2.45, 2.75) is 13.1 Å². The number of benzene rings is 1. The van der Waals surface area contributed by atoms with Crippen LogP contribution >= 0.6 is 11.3 Å². The molecule has 0 saturated carbocycles. The zero-order valence-electron chi connectivity index (χ0n) is 14.9. The molecule has 3 heterocycles. The fraction of sp³-hybridized carbons (Fsp3) is 0.368. The first kappa shape index (κ1) is 17.2. The second-order valence-corrected chi connectivity index (χ2v) is 7.61. The lowest BCUT2D eigenvalue weighted by Crippen LogP contribution is -2.36. The lowest BCUT2D eigenvalue weighted by Gasteiger charge is -2.26. The van der Waals surface area contributed by atoms with Crippen molar-refractivity contribution >= 4 is 16.5 Å². The second kappa shape index (κ2) is 7.99. The second-order valence-electron chi connectivity index (χ2n) is 6.52. The van der Waals surface area contributed by atoms with Crippen molar-refractivity contribution in [3.05, 3.63) is 53.2 Å². The number of thiazole rings is 1. The van der Waals surface area contributed by atoms with Crippen molar-refractivity contribution < 1.29 is 4.74 Å². The van der Waals surface area contributed by atoms with Gasteiger partial charge in [0.15, 0.2) is 5.13 Å². The highest BCUT2D eigenvalue weighted by Gasteiger charge is 2.16. The van der Waals surface area contributed by atoms with Gasteiger partial charge in [0.25, 0.3) is 0 Å². The van der Waals surface area contributed by atoms with Gasteiger partial charge in [0.1, 0.15) is 0 Å². The predicted molar refractivity (Wildman–Crippen MR) is 104 cm³/mol. The highest BCUT2D eigenvalue weighted by atomic mass is 32.1. The molecule has 6 nitrogen and oxygen atoms in total. The Morgan fingerprint density at radius 3 is 2.77 bits per heavy atom. The monoisotopic (exact) mass is 369 g/mol. The van der Waals surface area contributed by atoms with E-state index in [1.54, 1.807) is 11.3 Å². The van der Waals surface area contributed by atoms with Gasteiger partial charge in [0.2, 0.25) is 0 Å². The molecule has 0 spiro atoms. The van der Waals surface area contributed by atoms with Crippen LogP contribution in [0.2, 0.25) is 0 Å². The zero-order valence-corrected chi connectivity index (χ0v) is 15.7. The van der Waals surface area contributed by atoms with Crippen molar-refractivity contribution in [3.8, 4) is 11.3 Å². The minimum absolute atomic E-state index is 0.789. The van der Waals surface area contributed by atoms with E-state index in [0.717, 1.165) is 50.2 Å². The highest BCUT2D eigenvalue weighted by Crippen LogP contribution is 2.26. The Morgan fingerprint density at radius 2 is 1.96 bits per heavy atom. The van der Waals surface area contributed by atoms with Crippen molar-refractivity contribution in [2.24, 2.45) is 0 Å². The summed E-state index contributed by atoms with van der Waals surface area (Å²) in [7, 11) is 2.13. The van der Waals surface area contributed by atoms with Crippen LogP contribution in [0.5, 0.6) is 0 Å². The maximum Gasteiger partial charge on any atom is 0.185 e. The van der Waals surface area contributed by atoms with E-state index in [9.17, 15) is 0 Å². The first-order valence-corrected chi connectivity index (χ1v) is 9.65. The zero-order chi connectivity index (χ0) is 17.8. The van der Waals surface area contributed by atoms with Gasteiger partial charge < -0.3 is 9.64 Å². The summed E-state index contributed by atoms with van der Waals surface area (Å²) in [5.41, 5.74) is 3.47. The molecule has 1 fully saturated rings. The van der Waals surface area contributed by atoms with Crippen LogP contribution in [0.15, 0.2) is 42.7 Å². The van der Waals surface area contributed by atoms with Gasteiger partial charge in [-0.25, -0.2) is 4.98 Å². The minimum atomic E-state index is 0.789. The number of rotatable bonds is 6. The number of H-pyrrole nitrogens is 1. The third-order valence-corrected chi connectivity index (χ3v) is 5.51. The Morgan fingerprint density at radius 1 is 1.15 bits per heavy atom. The lowest BCUT2D eigenvalue weighted by molar-refractivity contribution is 0.122. The first-order valence-electron chi connectivity index (χ1n) is 8.83. The minimum Gasteiger partial charge on any atom is -0.378 e. The molecule has 0 bridgehead atoms. The van der Waals surface area contributed by atoms with Gasteiger partial charge in [0.05, 0.1) is 25.1 Å². The molecular weight excluding hydrogens is 346 g/mol. The van der Waals surface area contributed by atoms with E-state index in [1.807, 2.05) is 30.6 Å². The molecule has 1 aromatic carbocycles. The standard InChI is InChI=1S/C19H23N5OS/c1-23(13-16-11-21-22-18(16)15-5-3-2-4-6-15)14-17-12-20-19(26-17)24-7-9-25-10-8-24/h2-6,11-12H,7-10,13-14H2,1H3,(H,21,22). The number of nitrogens with zero attached hydrogens (tertiary/aromatic N) is 4. The average molecular weight is 369 g/mol. The molecule has 0 amide bonds. The van der Waals surface area contributed by atoms with Crippen LogP contribution in [0.25, 0.3) is 11.3 Å². The van der Waals surface area contributed by atoms with Crippen LogP contribution in [0.3, 0.4) is 0 Å². The third-order valence-electron chi connectivity index (χ3n) is 4.47. The van der Waals surface area contributed by atoms with Crippen molar-refractivity contribution in [3.63, 3.8) is 0 Å². The van der Waals surface area contributed by atoms with Gasteiger partial charge in [-0.05, 0) is 12.6 Å². The summed E-state index contributed by atoms with van der Waals surface area (Å²) in [6, 6.07) is 10.3. The third kappa shape index (κ3) is 3.95. The molecule has 1 aliphatic heterocycles. The fourth-order valence-electron chi connectivity index (χ4n) is 3.17. The molecule has 0 unspecified atom stereocenters. The van der Waals surface area contributed by atoms with E-state index in [4.69, 9.17) is 4.74 Å². The molecule has 3 aromatic rings. The summed E-state index contributed by atoms with van der Waals surface area (Å²) >= 11 is 1.78. The van der Waals surface area contributed by atoms with Gasteiger partial charge in [-0.1, -0.05) is 30.3 Å². The van der Waals surface area contributed by atoms with Gasteiger partial charge in [-0.3, -0.25) is 10.00 Å². The Balaban J connectivity index is 1.40. The highest BCUT2D eigenvalue weighted by molar-refractivity contribution is 7.15. The van der Waals surface area contributed by atoms with Crippen LogP contribution in [0, 0.1) is 0 Å². The summed E-state index contributed by atoms with van der Waals surface area (Å²) < 4.78 is 5.42. The number of anilines is 1. The summed E-state index contributed by atoms with van der Waals surface area (Å²) in [6.07, 6.45) is 3.92. The van der Waals surface area contributed by atoms with Gasteiger partial charge in [-0.15, -0.1) is 11.3 Å². The predicted octanol–water partition coefficient (Wildman–Crippen LogP) is 3.00. The molecule has 26 heavy (non-hydrogen) atoms. The molecule has 1 aliphatic rings. The molecule has 2 aromatic heterocycles. The maximum atomic E-state index is 5.42. The molecule has 136 valence electrons. The Kier molecular flexibility index (Phi) is 5.29. The van der Waals surface area contributed by atoms with Crippen LogP contribution < -0.4 is 4.90 Å². The van der Waals surface area contributed by atoms with E-state index >= 15 is 0 Å². The van der Waals surface area contributed by atoms with E-state index in [1.165, 1.54) is 16.0 Å². The van der Waals surface area contributed by atoms with E-state index < -0.39 is 0 Å². The number of morpholine rings is 1. The van der Waals surface area contributed by atoms with E-state index in [2.05, 4.69) is 44.2 Å². The SMILES string of the molecule is CN(Cc1cnc(N2CCOCC2)s1)Cc1cn[nH]c1-c1ccccc1. The number of aromatic amines is 1. The summed E-state index contributed by atoms with van der Waals surface area (Å²) in [6.45, 7) is 5.15.